The van der Waals surface area contributed by atoms with E-state index in [1.54, 1.807) is 0 Å². The third-order valence-corrected chi connectivity index (χ3v) is 3.79. The highest BCUT2D eigenvalue weighted by Crippen LogP contribution is 2.16. The molecule has 22 heavy (non-hydrogen) atoms. The molecule has 1 atom stereocenters. The molecule has 0 aliphatic heterocycles. The minimum atomic E-state index is -0.394. The second-order valence-electron chi connectivity index (χ2n) is 5.81. The molecule has 1 amide bonds. The highest BCUT2D eigenvalue weighted by molar-refractivity contribution is 5.90. The van der Waals surface area contributed by atoms with E-state index in [0.29, 0.717) is 18.4 Å². The number of nitrogens with one attached hydrogen (secondary N) is 2. The summed E-state index contributed by atoms with van der Waals surface area (Å²) in [5, 5.41) is 6.71. The van der Waals surface area contributed by atoms with Crippen LogP contribution in [0.15, 0.2) is 35.1 Å². The monoisotopic (exact) mass is 302 g/mol. The molecule has 1 aromatic carbocycles. The standard InChI is InChI=1S/C16H22N4O2/c1-11(2)13(9-12-7-5-4-6-8-12)10-17-15(21)14-18-16(22)20(3)19-14/h4-8,11,13H,9-10H2,1-3H3,(H,17,21)(H,18,19,22)/t13-/m1/s1. The molecule has 0 aliphatic carbocycles. The first-order valence-electron chi connectivity index (χ1n) is 7.42. The molecule has 2 aromatic rings. The van der Waals surface area contributed by atoms with Crippen LogP contribution in [-0.2, 0) is 13.5 Å². The minimum absolute atomic E-state index is 0.0507. The Labute approximate surface area is 129 Å². The molecule has 2 rings (SSSR count). The van der Waals surface area contributed by atoms with Crippen molar-refractivity contribution in [1.82, 2.24) is 20.1 Å². The van der Waals surface area contributed by atoms with Gasteiger partial charge in [0.1, 0.15) is 0 Å². The number of H-pyrrole nitrogens is 1. The van der Waals surface area contributed by atoms with Crippen LogP contribution in [0.5, 0.6) is 0 Å². The van der Waals surface area contributed by atoms with E-state index in [2.05, 4.69) is 41.4 Å². The minimum Gasteiger partial charge on any atom is -0.349 e. The van der Waals surface area contributed by atoms with E-state index >= 15 is 0 Å². The molecule has 0 unspecified atom stereocenters. The van der Waals surface area contributed by atoms with Crippen LogP contribution < -0.4 is 11.0 Å². The van der Waals surface area contributed by atoms with E-state index in [4.69, 9.17) is 0 Å². The van der Waals surface area contributed by atoms with Crippen molar-refractivity contribution in [3.8, 4) is 0 Å². The summed E-state index contributed by atoms with van der Waals surface area (Å²) in [4.78, 5) is 25.8. The van der Waals surface area contributed by atoms with Crippen molar-refractivity contribution in [3.63, 3.8) is 0 Å². The van der Waals surface area contributed by atoms with Crippen molar-refractivity contribution in [2.45, 2.75) is 20.3 Å². The lowest BCUT2D eigenvalue weighted by atomic mass is 9.89. The smallest absolute Gasteiger partial charge is 0.343 e. The molecule has 6 heteroatoms. The summed E-state index contributed by atoms with van der Waals surface area (Å²) in [6, 6.07) is 10.2. The average Bonchev–Trinajstić information content (AvgIpc) is 2.83. The van der Waals surface area contributed by atoms with Crippen molar-refractivity contribution in [3.05, 3.63) is 52.2 Å². The molecule has 2 N–H and O–H groups in total. The highest BCUT2D eigenvalue weighted by Gasteiger charge is 2.17. The van der Waals surface area contributed by atoms with Gasteiger partial charge in [0.2, 0.25) is 5.82 Å². The van der Waals surface area contributed by atoms with Crippen LogP contribution in [0.2, 0.25) is 0 Å². The van der Waals surface area contributed by atoms with Crippen LogP contribution in [0.4, 0.5) is 0 Å². The number of aromatic nitrogens is 3. The van der Waals surface area contributed by atoms with Crippen LogP contribution in [0.1, 0.15) is 30.0 Å². The fourth-order valence-corrected chi connectivity index (χ4v) is 2.27. The number of amides is 1. The summed E-state index contributed by atoms with van der Waals surface area (Å²) in [7, 11) is 1.50. The number of carbonyl (C=O) groups is 1. The molecule has 0 saturated heterocycles. The maximum atomic E-state index is 12.0. The fraction of sp³-hybridized carbons (Fsp3) is 0.438. The van der Waals surface area contributed by atoms with Crippen molar-refractivity contribution in [2.24, 2.45) is 18.9 Å². The Hall–Kier alpha value is -2.37. The Balaban J connectivity index is 1.97. The van der Waals surface area contributed by atoms with Crippen molar-refractivity contribution in [1.29, 1.82) is 0 Å². The summed E-state index contributed by atoms with van der Waals surface area (Å²) in [6.45, 7) is 4.83. The first kappa shape index (κ1) is 16.0. The number of nitrogens with zero attached hydrogens (tertiary/aromatic N) is 2. The van der Waals surface area contributed by atoms with Gasteiger partial charge in [0.05, 0.1) is 0 Å². The van der Waals surface area contributed by atoms with E-state index in [0.717, 1.165) is 11.1 Å². The molecule has 1 heterocycles. The fourth-order valence-electron chi connectivity index (χ4n) is 2.27. The van der Waals surface area contributed by atoms with Gasteiger partial charge in [-0.05, 0) is 23.8 Å². The highest BCUT2D eigenvalue weighted by atomic mass is 16.2. The van der Waals surface area contributed by atoms with Gasteiger partial charge in [-0.2, -0.15) is 0 Å². The topological polar surface area (TPSA) is 79.8 Å². The zero-order chi connectivity index (χ0) is 16.1. The van der Waals surface area contributed by atoms with Gasteiger partial charge in [0, 0.05) is 13.6 Å². The normalized spacial score (nSPS) is 12.4. The SMILES string of the molecule is CC(C)[C@@H](CNC(=O)c1nn(C)c(=O)[nH]1)Cc1ccccc1. The van der Waals surface area contributed by atoms with E-state index in [1.165, 1.54) is 12.6 Å². The third kappa shape index (κ3) is 4.07. The summed E-state index contributed by atoms with van der Waals surface area (Å²) in [5.74, 6) is 0.455. The lowest BCUT2D eigenvalue weighted by molar-refractivity contribution is 0.0932. The summed E-state index contributed by atoms with van der Waals surface area (Å²) < 4.78 is 1.11. The number of aryl methyl sites for hydroxylation is 1. The first-order chi connectivity index (χ1) is 10.5. The average molecular weight is 302 g/mol. The Kier molecular flexibility index (Phi) is 5.14. The molecular formula is C16H22N4O2. The number of aromatic amines is 1. The van der Waals surface area contributed by atoms with Crippen LogP contribution in [-0.4, -0.2) is 27.2 Å². The van der Waals surface area contributed by atoms with E-state index in [-0.39, 0.29) is 11.7 Å². The van der Waals surface area contributed by atoms with Gasteiger partial charge < -0.3 is 5.32 Å². The predicted molar refractivity (Wildman–Crippen MR) is 84.6 cm³/mol. The summed E-state index contributed by atoms with van der Waals surface area (Å²) in [6.07, 6.45) is 0.900. The molecule has 0 bridgehead atoms. The lowest BCUT2D eigenvalue weighted by Crippen LogP contribution is -2.33. The van der Waals surface area contributed by atoms with Crippen LogP contribution in [0, 0.1) is 11.8 Å². The maximum absolute atomic E-state index is 12.0. The van der Waals surface area contributed by atoms with Gasteiger partial charge in [-0.25, -0.2) is 9.48 Å². The summed E-state index contributed by atoms with van der Waals surface area (Å²) >= 11 is 0. The van der Waals surface area contributed by atoms with Crippen LogP contribution >= 0.6 is 0 Å². The quantitative estimate of drug-likeness (QED) is 0.845. The number of benzene rings is 1. The molecule has 0 spiro atoms. The molecule has 118 valence electrons. The van der Waals surface area contributed by atoms with Crippen LogP contribution in [0.25, 0.3) is 0 Å². The zero-order valence-corrected chi connectivity index (χ0v) is 13.2. The maximum Gasteiger partial charge on any atom is 0.343 e. The predicted octanol–water partition coefficient (Wildman–Crippen LogP) is 1.35. The molecule has 6 nitrogen and oxygen atoms in total. The molecule has 0 fully saturated rings. The van der Waals surface area contributed by atoms with Crippen LogP contribution in [0.3, 0.4) is 0 Å². The molecule has 0 aliphatic rings. The molecular weight excluding hydrogens is 280 g/mol. The third-order valence-electron chi connectivity index (χ3n) is 3.79. The Morgan fingerprint density at radius 2 is 2.00 bits per heavy atom. The molecule has 0 saturated carbocycles. The van der Waals surface area contributed by atoms with Gasteiger partial charge in [0.25, 0.3) is 5.91 Å². The lowest BCUT2D eigenvalue weighted by Gasteiger charge is -2.21. The number of hydrogen-bond acceptors (Lipinski definition) is 3. The second kappa shape index (κ2) is 7.06. The van der Waals surface area contributed by atoms with Crippen molar-refractivity contribution >= 4 is 5.91 Å². The van der Waals surface area contributed by atoms with Gasteiger partial charge in [0.15, 0.2) is 0 Å². The number of hydrogen-bond donors (Lipinski definition) is 2. The molecule has 1 aromatic heterocycles. The molecule has 0 radical (unpaired) electrons. The van der Waals surface area contributed by atoms with Gasteiger partial charge in [-0.1, -0.05) is 44.2 Å². The number of carbonyl (C=O) groups excluding carboxylic acids is 1. The largest absolute Gasteiger partial charge is 0.349 e. The Bertz CT molecular complexity index is 673. The van der Waals surface area contributed by atoms with E-state index < -0.39 is 5.69 Å². The second-order valence-corrected chi connectivity index (χ2v) is 5.81. The van der Waals surface area contributed by atoms with E-state index in [9.17, 15) is 9.59 Å². The summed E-state index contributed by atoms with van der Waals surface area (Å²) in [5.41, 5.74) is 0.858. The van der Waals surface area contributed by atoms with Gasteiger partial charge in [-0.3, -0.25) is 9.78 Å². The first-order valence-corrected chi connectivity index (χ1v) is 7.42. The van der Waals surface area contributed by atoms with Crippen molar-refractivity contribution < 1.29 is 4.79 Å². The zero-order valence-electron chi connectivity index (χ0n) is 13.2. The van der Waals surface area contributed by atoms with Gasteiger partial charge in [-0.15, -0.1) is 5.10 Å². The van der Waals surface area contributed by atoms with Gasteiger partial charge >= 0.3 is 5.69 Å². The number of rotatable bonds is 6. The Morgan fingerprint density at radius 1 is 1.32 bits per heavy atom. The van der Waals surface area contributed by atoms with E-state index in [1.807, 2.05) is 18.2 Å². The van der Waals surface area contributed by atoms with Crippen molar-refractivity contribution in [2.75, 3.05) is 6.54 Å². The Morgan fingerprint density at radius 3 is 2.55 bits per heavy atom.